The number of aromatic carboxylic acids is 1. The molecule has 10 heteroatoms. The molecule has 0 unspecified atom stereocenters. The van der Waals surface area contributed by atoms with Gasteiger partial charge in [0.15, 0.2) is 0 Å². The number of amides is 2. The van der Waals surface area contributed by atoms with Gasteiger partial charge in [0.1, 0.15) is 11.4 Å². The second kappa shape index (κ2) is 7.77. The highest BCUT2D eigenvalue weighted by atomic mass is 19.1. The van der Waals surface area contributed by atoms with Crippen molar-refractivity contribution < 1.29 is 23.9 Å². The Kier molecular flexibility index (Phi) is 5.26. The van der Waals surface area contributed by atoms with Crippen molar-refractivity contribution in [2.24, 2.45) is 0 Å². The van der Waals surface area contributed by atoms with Crippen molar-refractivity contribution in [2.45, 2.75) is 25.9 Å². The van der Waals surface area contributed by atoms with E-state index in [1.165, 1.54) is 13.2 Å². The molecule has 0 aliphatic carbocycles. The third kappa shape index (κ3) is 3.46. The van der Waals surface area contributed by atoms with Gasteiger partial charge < -0.3 is 14.6 Å². The Morgan fingerprint density at radius 1 is 1.16 bits per heavy atom. The molecule has 1 aromatic heterocycles. The van der Waals surface area contributed by atoms with Gasteiger partial charge in [-0.15, -0.1) is 0 Å². The van der Waals surface area contributed by atoms with E-state index in [9.17, 15) is 28.7 Å². The maximum Gasteiger partial charge on any atom is 0.341 e. The van der Waals surface area contributed by atoms with Crippen molar-refractivity contribution in [3.05, 3.63) is 39.9 Å². The van der Waals surface area contributed by atoms with Crippen LogP contribution in [-0.2, 0) is 16.1 Å². The van der Waals surface area contributed by atoms with Crippen LogP contribution in [0.4, 0.5) is 10.1 Å². The summed E-state index contributed by atoms with van der Waals surface area (Å²) in [6.07, 6.45) is 1.44. The monoisotopic (exact) mass is 430 g/mol. The Hall–Kier alpha value is -3.27. The molecule has 2 aliphatic heterocycles. The zero-order chi connectivity index (χ0) is 22.4. The lowest BCUT2D eigenvalue weighted by molar-refractivity contribution is -0.138. The minimum Gasteiger partial charge on any atom is -0.477 e. The maximum absolute atomic E-state index is 15.0. The normalized spacial score (nSPS) is 20.2. The van der Waals surface area contributed by atoms with Gasteiger partial charge in [0, 0.05) is 51.4 Å². The smallest absolute Gasteiger partial charge is 0.341 e. The van der Waals surface area contributed by atoms with Crippen LogP contribution in [0, 0.1) is 5.82 Å². The molecule has 0 bridgehead atoms. The van der Waals surface area contributed by atoms with E-state index in [1.54, 1.807) is 10.6 Å². The van der Waals surface area contributed by atoms with Crippen LogP contribution in [0.15, 0.2) is 23.1 Å². The second-order valence-corrected chi connectivity index (χ2v) is 7.82. The number of imide groups is 1. The van der Waals surface area contributed by atoms with Crippen LogP contribution in [-0.4, -0.2) is 76.5 Å². The Balaban J connectivity index is 1.62. The van der Waals surface area contributed by atoms with Gasteiger partial charge in [0.05, 0.1) is 23.7 Å². The third-order valence-electron chi connectivity index (χ3n) is 6.17. The zero-order valence-corrected chi connectivity index (χ0v) is 17.3. The lowest BCUT2D eigenvalue weighted by atomic mass is 10.1. The summed E-state index contributed by atoms with van der Waals surface area (Å²) in [5.74, 6) is -2.36. The van der Waals surface area contributed by atoms with E-state index in [0.29, 0.717) is 43.9 Å². The van der Waals surface area contributed by atoms with E-state index < -0.39 is 28.8 Å². The number of nitrogens with zero attached hydrogens (tertiary/aromatic N) is 4. The summed E-state index contributed by atoms with van der Waals surface area (Å²) >= 11 is 0. The highest BCUT2D eigenvalue weighted by molar-refractivity contribution is 6.05. The number of carbonyl (C=O) groups excluding carboxylic acids is 2. The van der Waals surface area contributed by atoms with Crippen molar-refractivity contribution in [1.29, 1.82) is 0 Å². The van der Waals surface area contributed by atoms with Gasteiger partial charge in [-0.1, -0.05) is 0 Å². The Morgan fingerprint density at radius 3 is 2.39 bits per heavy atom. The van der Waals surface area contributed by atoms with Crippen LogP contribution in [0.1, 0.15) is 23.7 Å². The molecular weight excluding hydrogens is 407 g/mol. The number of hydrogen-bond acceptors (Lipinski definition) is 6. The van der Waals surface area contributed by atoms with E-state index in [4.69, 9.17) is 0 Å². The predicted molar refractivity (Wildman–Crippen MR) is 111 cm³/mol. The summed E-state index contributed by atoms with van der Waals surface area (Å²) in [6, 6.07) is 2.21. The SMILES string of the molecule is CCn1cc(C(=O)O)c(=O)c2cc(F)c(N3CCN([C@H]4CC(=O)N(C)C4=O)CC3)cc21. The lowest BCUT2D eigenvalue weighted by Crippen LogP contribution is -2.52. The van der Waals surface area contributed by atoms with Gasteiger partial charge in [-0.25, -0.2) is 9.18 Å². The molecule has 0 radical (unpaired) electrons. The number of benzene rings is 1. The van der Waals surface area contributed by atoms with Crippen LogP contribution in [0.3, 0.4) is 0 Å². The molecule has 2 amide bonds. The number of aryl methyl sites for hydroxylation is 1. The summed E-state index contributed by atoms with van der Waals surface area (Å²) in [5, 5.41) is 9.30. The van der Waals surface area contributed by atoms with Crippen LogP contribution in [0.25, 0.3) is 10.9 Å². The zero-order valence-electron chi connectivity index (χ0n) is 17.3. The fraction of sp³-hybridized carbons (Fsp3) is 0.429. The number of anilines is 1. The lowest BCUT2D eigenvalue weighted by Gasteiger charge is -2.38. The fourth-order valence-electron chi connectivity index (χ4n) is 4.35. The van der Waals surface area contributed by atoms with Crippen LogP contribution < -0.4 is 10.3 Å². The highest BCUT2D eigenvalue weighted by Crippen LogP contribution is 2.27. The summed E-state index contributed by atoms with van der Waals surface area (Å²) in [5.41, 5.74) is -0.316. The molecule has 2 aromatic rings. The largest absolute Gasteiger partial charge is 0.477 e. The number of hydrogen-bond donors (Lipinski definition) is 1. The van der Waals surface area contributed by atoms with E-state index in [0.717, 1.165) is 11.0 Å². The Labute approximate surface area is 177 Å². The molecule has 2 fully saturated rings. The summed E-state index contributed by atoms with van der Waals surface area (Å²) in [7, 11) is 1.48. The molecule has 1 aromatic carbocycles. The maximum atomic E-state index is 15.0. The molecule has 31 heavy (non-hydrogen) atoms. The number of fused-ring (bicyclic) bond motifs is 1. The molecule has 2 aliphatic rings. The summed E-state index contributed by atoms with van der Waals surface area (Å²) in [4.78, 5) is 52.9. The quantitative estimate of drug-likeness (QED) is 0.714. The second-order valence-electron chi connectivity index (χ2n) is 7.82. The molecule has 2 saturated heterocycles. The van der Waals surface area contributed by atoms with Crippen molar-refractivity contribution in [3.8, 4) is 0 Å². The van der Waals surface area contributed by atoms with Crippen molar-refractivity contribution in [1.82, 2.24) is 14.4 Å². The molecule has 4 rings (SSSR count). The summed E-state index contributed by atoms with van der Waals surface area (Å²) in [6.45, 7) is 4.12. The molecule has 0 saturated carbocycles. The average Bonchev–Trinajstić information content (AvgIpc) is 3.01. The number of pyridine rings is 1. The van der Waals surface area contributed by atoms with Gasteiger partial charge in [-0.05, 0) is 19.1 Å². The number of likely N-dealkylation sites (tertiary alicyclic amines) is 1. The van der Waals surface area contributed by atoms with Crippen LogP contribution >= 0.6 is 0 Å². The Bertz CT molecular complexity index is 1150. The topological polar surface area (TPSA) is 103 Å². The molecule has 164 valence electrons. The molecule has 1 N–H and O–H groups in total. The molecular formula is C21H23FN4O5. The number of carboxylic acids is 1. The molecule has 0 spiro atoms. The number of carboxylic acid groups (broad SMARTS) is 1. The average molecular weight is 430 g/mol. The summed E-state index contributed by atoms with van der Waals surface area (Å²) < 4.78 is 16.6. The third-order valence-corrected chi connectivity index (χ3v) is 6.17. The molecule has 9 nitrogen and oxygen atoms in total. The first-order valence-corrected chi connectivity index (χ1v) is 10.1. The fourth-order valence-corrected chi connectivity index (χ4v) is 4.35. The van der Waals surface area contributed by atoms with Gasteiger partial charge in [0.2, 0.25) is 17.2 Å². The van der Waals surface area contributed by atoms with Crippen molar-refractivity contribution >= 4 is 34.4 Å². The Morgan fingerprint density at radius 2 is 1.84 bits per heavy atom. The van der Waals surface area contributed by atoms with Gasteiger partial charge in [-0.3, -0.25) is 24.2 Å². The standard InChI is InChI=1S/C21H23FN4O5/c1-3-24-11-13(21(30)31)19(28)12-8-14(22)16(9-15(12)24)25-4-6-26(7-5-25)17-10-18(27)23(2)20(17)29/h8-9,11,17H,3-7,10H2,1-2H3,(H,30,31)/t17-/m0/s1. The van der Waals surface area contributed by atoms with E-state index in [2.05, 4.69) is 0 Å². The number of rotatable bonds is 4. The number of aromatic nitrogens is 1. The van der Waals surface area contributed by atoms with Crippen molar-refractivity contribution in [3.63, 3.8) is 0 Å². The van der Waals surface area contributed by atoms with E-state index in [-0.39, 0.29) is 23.6 Å². The first kappa shape index (κ1) is 21.0. The van der Waals surface area contributed by atoms with Gasteiger partial charge in [0.25, 0.3) is 0 Å². The van der Waals surface area contributed by atoms with E-state index in [1.807, 2.05) is 16.7 Å². The first-order chi connectivity index (χ1) is 14.7. The van der Waals surface area contributed by atoms with E-state index >= 15 is 0 Å². The van der Waals surface area contributed by atoms with Crippen LogP contribution in [0.5, 0.6) is 0 Å². The van der Waals surface area contributed by atoms with Crippen LogP contribution in [0.2, 0.25) is 0 Å². The minimum absolute atomic E-state index is 0.0275. The van der Waals surface area contributed by atoms with Gasteiger partial charge >= 0.3 is 5.97 Å². The molecule has 3 heterocycles. The van der Waals surface area contributed by atoms with Gasteiger partial charge in [-0.2, -0.15) is 0 Å². The number of halogens is 1. The highest BCUT2D eigenvalue weighted by Gasteiger charge is 2.40. The number of likely N-dealkylation sites (N-methyl/N-ethyl adjacent to an activating group) is 1. The minimum atomic E-state index is -1.35. The first-order valence-electron chi connectivity index (χ1n) is 10.1. The number of piperazine rings is 1. The number of carbonyl (C=O) groups is 3. The van der Waals surface area contributed by atoms with Crippen molar-refractivity contribution in [2.75, 3.05) is 38.1 Å². The predicted octanol–water partition coefficient (Wildman–Crippen LogP) is 0.738. The molecule has 1 atom stereocenters.